The summed E-state index contributed by atoms with van der Waals surface area (Å²) in [5.74, 6) is 1.86. The average Bonchev–Trinajstić information content (AvgIpc) is 2.59. The Balaban J connectivity index is 2.05. The van der Waals surface area contributed by atoms with Crippen molar-refractivity contribution in [2.75, 3.05) is 33.2 Å². The molecule has 0 aromatic rings. The lowest BCUT2D eigenvalue weighted by Crippen LogP contribution is -2.26. The normalized spacial score (nSPS) is 22.3. The van der Waals surface area contributed by atoms with Crippen LogP contribution in [0.1, 0.15) is 58.8 Å². The van der Waals surface area contributed by atoms with Crippen LogP contribution in [-0.4, -0.2) is 38.1 Å². The Morgan fingerprint density at radius 2 is 1.83 bits per heavy atom. The predicted molar refractivity (Wildman–Crippen MR) is 81.0 cm³/mol. The Morgan fingerprint density at radius 1 is 1.06 bits per heavy atom. The third-order valence-corrected chi connectivity index (χ3v) is 4.46. The summed E-state index contributed by atoms with van der Waals surface area (Å²) in [4.78, 5) is 2.71. The van der Waals surface area contributed by atoms with Crippen molar-refractivity contribution in [2.45, 2.75) is 58.8 Å². The first-order valence-corrected chi connectivity index (χ1v) is 8.11. The molecule has 0 amide bonds. The first kappa shape index (κ1) is 16.0. The smallest absolute Gasteiger partial charge is 0.00160 e. The molecule has 108 valence electrons. The molecule has 1 rings (SSSR count). The van der Waals surface area contributed by atoms with E-state index in [1.165, 1.54) is 71.1 Å². The lowest BCUT2D eigenvalue weighted by molar-refractivity contribution is 0.266. The van der Waals surface area contributed by atoms with Crippen LogP contribution in [0.2, 0.25) is 0 Å². The summed E-state index contributed by atoms with van der Waals surface area (Å²) in [7, 11) is 2.04. The van der Waals surface area contributed by atoms with E-state index in [2.05, 4.69) is 24.1 Å². The van der Waals surface area contributed by atoms with Crippen LogP contribution in [0.25, 0.3) is 0 Å². The van der Waals surface area contributed by atoms with Crippen LogP contribution in [-0.2, 0) is 0 Å². The SMILES string of the molecule is CNCCCCCCN1CCCC(C(C)C)CC1. The summed E-state index contributed by atoms with van der Waals surface area (Å²) in [6.45, 7) is 9.99. The van der Waals surface area contributed by atoms with Crippen LogP contribution in [0, 0.1) is 11.8 Å². The van der Waals surface area contributed by atoms with Gasteiger partial charge in [0, 0.05) is 0 Å². The molecule has 1 aliphatic heterocycles. The van der Waals surface area contributed by atoms with Gasteiger partial charge in [-0.3, -0.25) is 0 Å². The maximum absolute atomic E-state index is 3.22. The van der Waals surface area contributed by atoms with Crippen molar-refractivity contribution in [2.24, 2.45) is 11.8 Å². The van der Waals surface area contributed by atoms with E-state index in [0.29, 0.717) is 0 Å². The third-order valence-electron chi connectivity index (χ3n) is 4.46. The Hall–Kier alpha value is -0.0800. The lowest BCUT2D eigenvalue weighted by atomic mass is 9.89. The highest BCUT2D eigenvalue weighted by molar-refractivity contribution is 4.72. The third kappa shape index (κ3) is 6.75. The maximum Gasteiger partial charge on any atom is -0.00160 e. The Labute approximate surface area is 115 Å². The second-order valence-corrected chi connectivity index (χ2v) is 6.29. The monoisotopic (exact) mass is 254 g/mol. The molecule has 1 unspecified atom stereocenters. The summed E-state index contributed by atoms with van der Waals surface area (Å²) >= 11 is 0. The zero-order valence-electron chi connectivity index (χ0n) is 12.9. The fourth-order valence-corrected chi connectivity index (χ4v) is 3.06. The van der Waals surface area contributed by atoms with Crippen LogP contribution in [0.4, 0.5) is 0 Å². The van der Waals surface area contributed by atoms with E-state index in [-0.39, 0.29) is 0 Å². The summed E-state index contributed by atoms with van der Waals surface area (Å²) in [5.41, 5.74) is 0. The van der Waals surface area contributed by atoms with E-state index in [4.69, 9.17) is 0 Å². The largest absolute Gasteiger partial charge is 0.320 e. The van der Waals surface area contributed by atoms with Gasteiger partial charge in [-0.1, -0.05) is 26.7 Å². The van der Waals surface area contributed by atoms with Gasteiger partial charge < -0.3 is 10.2 Å². The van der Waals surface area contributed by atoms with Gasteiger partial charge in [0.25, 0.3) is 0 Å². The first-order chi connectivity index (χ1) is 8.74. The van der Waals surface area contributed by atoms with Gasteiger partial charge in [0.1, 0.15) is 0 Å². The molecule has 1 aliphatic rings. The van der Waals surface area contributed by atoms with E-state index in [1.54, 1.807) is 0 Å². The fraction of sp³-hybridized carbons (Fsp3) is 1.00. The molecule has 1 heterocycles. The van der Waals surface area contributed by atoms with E-state index in [1.807, 2.05) is 7.05 Å². The molecule has 0 aromatic heterocycles. The molecule has 2 heteroatoms. The topological polar surface area (TPSA) is 15.3 Å². The molecule has 1 atom stereocenters. The average molecular weight is 254 g/mol. The molecule has 1 saturated heterocycles. The number of nitrogens with zero attached hydrogens (tertiary/aromatic N) is 1. The summed E-state index contributed by atoms with van der Waals surface area (Å²) < 4.78 is 0. The predicted octanol–water partition coefficient (Wildman–Crippen LogP) is 3.52. The van der Waals surface area contributed by atoms with Crippen LogP contribution in [0.5, 0.6) is 0 Å². The molecule has 1 N–H and O–H groups in total. The van der Waals surface area contributed by atoms with E-state index < -0.39 is 0 Å². The van der Waals surface area contributed by atoms with Crippen molar-refractivity contribution >= 4 is 0 Å². The fourth-order valence-electron chi connectivity index (χ4n) is 3.06. The molecule has 0 spiro atoms. The summed E-state index contributed by atoms with van der Waals surface area (Å²) in [6.07, 6.45) is 9.84. The molecule has 0 aromatic carbocycles. The molecule has 1 fully saturated rings. The molecule has 0 saturated carbocycles. The van der Waals surface area contributed by atoms with Crippen LogP contribution in [0.15, 0.2) is 0 Å². The zero-order valence-corrected chi connectivity index (χ0v) is 12.9. The highest BCUT2D eigenvalue weighted by atomic mass is 15.1. The lowest BCUT2D eigenvalue weighted by Gasteiger charge is -2.21. The Kier molecular flexibility index (Phi) is 8.70. The first-order valence-electron chi connectivity index (χ1n) is 8.11. The van der Waals surface area contributed by atoms with Gasteiger partial charge in [0.15, 0.2) is 0 Å². The van der Waals surface area contributed by atoms with Gasteiger partial charge in [0.05, 0.1) is 0 Å². The number of likely N-dealkylation sites (tertiary alicyclic amines) is 1. The molecule has 18 heavy (non-hydrogen) atoms. The summed E-state index contributed by atoms with van der Waals surface area (Å²) in [5, 5.41) is 3.22. The van der Waals surface area contributed by atoms with E-state index in [0.717, 1.165) is 11.8 Å². The van der Waals surface area contributed by atoms with Crippen molar-refractivity contribution < 1.29 is 0 Å². The van der Waals surface area contributed by atoms with Crippen molar-refractivity contribution in [3.8, 4) is 0 Å². The van der Waals surface area contributed by atoms with Gasteiger partial charge in [-0.05, 0) is 77.2 Å². The maximum atomic E-state index is 3.22. The van der Waals surface area contributed by atoms with Crippen LogP contribution >= 0.6 is 0 Å². The number of unbranched alkanes of at least 4 members (excludes halogenated alkanes) is 3. The molecule has 0 radical (unpaired) electrons. The van der Waals surface area contributed by atoms with Crippen molar-refractivity contribution in [1.82, 2.24) is 10.2 Å². The van der Waals surface area contributed by atoms with Gasteiger partial charge in [-0.15, -0.1) is 0 Å². The highest BCUT2D eigenvalue weighted by Gasteiger charge is 2.18. The zero-order chi connectivity index (χ0) is 13.2. The molecule has 0 bridgehead atoms. The Morgan fingerprint density at radius 3 is 2.56 bits per heavy atom. The molecule has 0 aliphatic carbocycles. The molecular weight excluding hydrogens is 220 g/mol. The van der Waals surface area contributed by atoms with Crippen molar-refractivity contribution in [3.05, 3.63) is 0 Å². The van der Waals surface area contributed by atoms with Crippen molar-refractivity contribution in [3.63, 3.8) is 0 Å². The van der Waals surface area contributed by atoms with E-state index in [9.17, 15) is 0 Å². The van der Waals surface area contributed by atoms with Gasteiger partial charge in [-0.2, -0.15) is 0 Å². The summed E-state index contributed by atoms with van der Waals surface area (Å²) in [6, 6.07) is 0. The number of rotatable bonds is 8. The van der Waals surface area contributed by atoms with Gasteiger partial charge in [-0.25, -0.2) is 0 Å². The van der Waals surface area contributed by atoms with Crippen molar-refractivity contribution in [1.29, 1.82) is 0 Å². The minimum absolute atomic E-state index is 0.881. The number of nitrogens with one attached hydrogen (secondary N) is 1. The molecular formula is C16H34N2. The number of hydrogen-bond acceptors (Lipinski definition) is 2. The molecule has 2 nitrogen and oxygen atoms in total. The standard InChI is InChI=1S/C16H34N2/c1-15(2)16-9-8-13-18(14-10-16)12-7-5-4-6-11-17-3/h15-17H,4-14H2,1-3H3. The highest BCUT2D eigenvalue weighted by Crippen LogP contribution is 2.24. The number of hydrogen-bond donors (Lipinski definition) is 1. The van der Waals surface area contributed by atoms with Crippen LogP contribution < -0.4 is 5.32 Å². The van der Waals surface area contributed by atoms with E-state index >= 15 is 0 Å². The van der Waals surface area contributed by atoms with Crippen LogP contribution in [0.3, 0.4) is 0 Å². The minimum Gasteiger partial charge on any atom is -0.320 e. The second-order valence-electron chi connectivity index (χ2n) is 6.29. The quantitative estimate of drug-likeness (QED) is 0.667. The van der Waals surface area contributed by atoms with Gasteiger partial charge >= 0.3 is 0 Å². The van der Waals surface area contributed by atoms with Gasteiger partial charge in [0.2, 0.25) is 0 Å². The Bertz CT molecular complexity index is 192. The second kappa shape index (κ2) is 9.80. The minimum atomic E-state index is 0.881.